The summed E-state index contributed by atoms with van der Waals surface area (Å²) in [7, 11) is 0. The molecule has 0 aliphatic carbocycles. The topological polar surface area (TPSA) is 42.8 Å². The number of pyridine rings is 2. The molecule has 2 aromatic heterocycles. The minimum absolute atomic E-state index is 0.593. The van der Waals surface area contributed by atoms with Gasteiger partial charge in [0.25, 0.3) is 0 Å². The number of nitrogens with zero attached hydrogens (tertiary/aromatic N) is 2. The van der Waals surface area contributed by atoms with Crippen molar-refractivity contribution in [3.63, 3.8) is 0 Å². The molecule has 0 amide bonds. The second-order valence-corrected chi connectivity index (χ2v) is 6.76. The lowest BCUT2D eigenvalue weighted by molar-refractivity contribution is -0.683. The van der Waals surface area contributed by atoms with E-state index in [2.05, 4.69) is 75.0 Å². The molecule has 25 heavy (non-hydrogen) atoms. The minimum atomic E-state index is 0.593. The van der Waals surface area contributed by atoms with Gasteiger partial charge in [-0.3, -0.25) is 0 Å². The molecular weight excluding hydrogens is 374 g/mol. The van der Waals surface area contributed by atoms with Gasteiger partial charge in [-0.05, 0) is 41.8 Å². The molecule has 3 aromatic rings. The molecule has 0 fully saturated rings. The molecule has 2 heterocycles. The smallest absolute Gasteiger partial charge is 0.231 e. The minimum Gasteiger partial charge on any atom is -0.325 e. The van der Waals surface area contributed by atoms with Gasteiger partial charge in [-0.25, -0.2) is 4.98 Å². The van der Waals surface area contributed by atoms with Crippen LogP contribution in [0.3, 0.4) is 0 Å². The monoisotopic (exact) mass is 394 g/mol. The van der Waals surface area contributed by atoms with Crippen LogP contribution in [0.15, 0.2) is 65.4 Å². The highest BCUT2D eigenvalue weighted by Crippen LogP contribution is 2.20. The molecule has 1 aromatic carbocycles. The van der Waals surface area contributed by atoms with E-state index in [1.807, 2.05) is 30.5 Å². The third-order valence-electron chi connectivity index (χ3n) is 3.97. The Hall–Kier alpha value is -2.30. The Morgan fingerprint density at radius 3 is 2.72 bits per heavy atom. The number of nitrogens with two attached hydrogens (primary N) is 1. The largest absolute Gasteiger partial charge is 0.325 e. The Balaban J connectivity index is 1.99. The van der Waals surface area contributed by atoms with E-state index in [9.17, 15) is 0 Å². The fraction of sp³-hybridized carbons (Fsp3) is 0.143. The fourth-order valence-electron chi connectivity index (χ4n) is 2.68. The van der Waals surface area contributed by atoms with E-state index < -0.39 is 0 Å². The maximum absolute atomic E-state index is 5.77. The van der Waals surface area contributed by atoms with Gasteiger partial charge in [0.15, 0.2) is 12.7 Å². The Bertz CT molecular complexity index is 903. The van der Waals surface area contributed by atoms with E-state index in [1.54, 1.807) is 0 Å². The maximum atomic E-state index is 5.77. The number of benzene rings is 1. The second kappa shape index (κ2) is 8.19. The summed E-state index contributed by atoms with van der Waals surface area (Å²) in [4.78, 5) is 4.53. The lowest BCUT2D eigenvalue weighted by Gasteiger charge is -2.05. The van der Waals surface area contributed by atoms with E-state index in [0.717, 1.165) is 33.5 Å². The summed E-state index contributed by atoms with van der Waals surface area (Å²) in [6.07, 6.45) is 8.15. The molecule has 0 radical (unpaired) electrons. The molecular formula is C21H21BrN3+. The first-order valence-corrected chi connectivity index (χ1v) is 9.06. The van der Waals surface area contributed by atoms with Crippen LogP contribution in [0.5, 0.6) is 0 Å². The Morgan fingerprint density at radius 1 is 1.12 bits per heavy atom. The van der Waals surface area contributed by atoms with Crippen molar-refractivity contribution >= 4 is 28.1 Å². The fourth-order valence-corrected chi connectivity index (χ4v) is 3.09. The van der Waals surface area contributed by atoms with Gasteiger partial charge in [0.1, 0.15) is 5.69 Å². The average molecular weight is 395 g/mol. The van der Waals surface area contributed by atoms with Gasteiger partial charge in [-0.2, -0.15) is 4.57 Å². The van der Waals surface area contributed by atoms with Crippen molar-refractivity contribution in [2.24, 2.45) is 5.73 Å². The zero-order chi connectivity index (χ0) is 17.6. The molecule has 0 unspecified atom stereocenters. The normalized spacial score (nSPS) is 11.2. The van der Waals surface area contributed by atoms with E-state index in [4.69, 9.17) is 5.73 Å². The van der Waals surface area contributed by atoms with Gasteiger partial charge in [0, 0.05) is 22.8 Å². The highest BCUT2D eigenvalue weighted by atomic mass is 79.9. The van der Waals surface area contributed by atoms with Crippen LogP contribution >= 0.6 is 15.9 Å². The first-order valence-electron chi connectivity index (χ1n) is 8.26. The third-order valence-corrected chi connectivity index (χ3v) is 4.69. The summed E-state index contributed by atoms with van der Waals surface area (Å²) >= 11 is 3.58. The van der Waals surface area contributed by atoms with Crippen LogP contribution in [0.2, 0.25) is 0 Å². The van der Waals surface area contributed by atoms with Crippen LogP contribution in [0.4, 0.5) is 0 Å². The highest BCUT2D eigenvalue weighted by molar-refractivity contribution is 9.10. The molecule has 3 rings (SSSR count). The summed E-state index contributed by atoms with van der Waals surface area (Å²) in [6, 6.07) is 16.5. The van der Waals surface area contributed by atoms with Gasteiger partial charge in [0.2, 0.25) is 5.69 Å². The first-order chi connectivity index (χ1) is 12.2. The summed E-state index contributed by atoms with van der Waals surface area (Å²) in [5.74, 6) is 0. The van der Waals surface area contributed by atoms with Crippen molar-refractivity contribution in [3.05, 3.63) is 82.1 Å². The number of aromatic nitrogens is 2. The number of hydrogen-bond acceptors (Lipinski definition) is 2. The van der Waals surface area contributed by atoms with Crippen LogP contribution in [0.1, 0.15) is 16.7 Å². The molecule has 3 nitrogen and oxygen atoms in total. The van der Waals surface area contributed by atoms with Crippen molar-refractivity contribution in [1.29, 1.82) is 0 Å². The maximum Gasteiger partial charge on any atom is 0.231 e. The molecule has 0 saturated heterocycles. The summed E-state index contributed by atoms with van der Waals surface area (Å²) in [6.45, 7) is 3.43. The van der Waals surface area contributed by atoms with Gasteiger partial charge in [0.05, 0.1) is 6.54 Å². The van der Waals surface area contributed by atoms with Crippen LogP contribution < -0.4 is 10.3 Å². The average Bonchev–Trinajstić information content (AvgIpc) is 2.62. The molecule has 0 spiro atoms. The van der Waals surface area contributed by atoms with Crippen LogP contribution in [-0.2, 0) is 6.54 Å². The molecule has 0 aliphatic rings. The predicted molar refractivity (Wildman–Crippen MR) is 107 cm³/mol. The van der Waals surface area contributed by atoms with E-state index >= 15 is 0 Å². The van der Waals surface area contributed by atoms with Crippen molar-refractivity contribution < 1.29 is 4.57 Å². The summed E-state index contributed by atoms with van der Waals surface area (Å²) in [5.41, 5.74) is 11.3. The van der Waals surface area contributed by atoms with Gasteiger partial charge in [-0.1, -0.05) is 46.3 Å². The summed E-state index contributed by atoms with van der Waals surface area (Å²) < 4.78 is 3.23. The lowest BCUT2D eigenvalue weighted by Crippen LogP contribution is -2.39. The SMILES string of the molecule is Cc1ccnc(-c2cc(/C=C/c3ccccc3Br)cc[n+]2CCN)c1. The van der Waals surface area contributed by atoms with Gasteiger partial charge in [-0.15, -0.1) is 0 Å². The van der Waals surface area contributed by atoms with Crippen molar-refractivity contribution in [3.8, 4) is 11.4 Å². The van der Waals surface area contributed by atoms with Gasteiger partial charge < -0.3 is 5.73 Å². The highest BCUT2D eigenvalue weighted by Gasteiger charge is 2.14. The van der Waals surface area contributed by atoms with Crippen LogP contribution in [0.25, 0.3) is 23.5 Å². The van der Waals surface area contributed by atoms with Gasteiger partial charge >= 0.3 is 0 Å². The van der Waals surface area contributed by atoms with E-state index in [1.165, 1.54) is 5.56 Å². The Morgan fingerprint density at radius 2 is 1.96 bits per heavy atom. The number of aryl methyl sites for hydroxylation is 1. The number of rotatable bonds is 5. The molecule has 0 aliphatic heterocycles. The second-order valence-electron chi connectivity index (χ2n) is 5.90. The first kappa shape index (κ1) is 17.5. The Labute approximate surface area is 157 Å². The molecule has 0 saturated carbocycles. The molecule has 4 heteroatoms. The van der Waals surface area contributed by atoms with E-state index in [-0.39, 0.29) is 0 Å². The molecule has 0 bridgehead atoms. The quantitative estimate of drug-likeness (QED) is 0.657. The van der Waals surface area contributed by atoms with Crippen molar-refractivity contribution in [2.75, 3.05) is 6.54 Å². The Kier molecular flexibility index (Phi) is 5.74. The number of halogens is 1. The summed E-state index contributed by atoms with van der Waals surface area (Å²) in [5, 5.41) is 0. The van der Waals surface area contributed by atoms with E-state index in [0.29, 0.717) is 6.54 Å². The number of hydrogen-bond donors (Lipinski definition) is 1. The van der Waals surface area contributed by atoms with Crippen molar-refractivity contribution in [2.45, 2.75) is 13.5 Å². The zero-order valence-electron chi connectivity index (χ0n) is 14.2. The third kappa shape index (κ3) is 4.41. The van der Waals surface area contributed by atoms with Crippen LogP contribution in [-0.4, -0.2) is 11.5 Å². The van der Waals surface area contributed by atoms with Crippen molar-refractivity contribution in [1.82, 2.24) is 4.98 Å². The predicted octanol–water partition coefficient (Wildman–Crippen LogP) is 4.24. The standard InChI is InChI=1S/C21H21BrN3/c1-16-8-11-24-20(14-16)21-15-17(9-12-25(21)13-10-23)6-7-18-4-2-3-5-19(18)22/h2-9,11-12,14-15H,10,13,23H2,1H3/q+1/b7-6+. The molecule has 126 valence electrons. The molecule has 2 N–H and O–H groups in total. The van der Waals surface area contributed by atoms with Crippen LogP contribution in [0, 0.1) is 6.92 Å². The molecule has 0 atom stereocenters. The zero-order valence-corrected chi connectivity index (χ0v) is 15.8. The lowest BCUT2D eigenvalue weighted by atomic mass is 10.1.